The van der Waals surface area contributed by atoms with E-state index in [1.54, 1.807) is 12.1 Å². The van der Waals surface area contributed by atoms with E-state index in [0.29, 0.717) is 29.6 Å². The number of benzene rings is 1. The second kappa shape index (κ2) is 7.45. The highest BCUT2D eigenvalue weighted by atomic mass is 35.5. The van der Waals surface area contributed by atoms with Gasteiger partial charge in [-0.2, -0.15) is 0 Å². The van der Waals surface area contributed by atoms with Crippen molar-refractivity contribution < 1.29 is 14.6 Å². The molecule has 1 unspecified atom stereocenters. The molecule has 0 fully saturated rings. The fraction of sp³-hybridized carbons (Fsp3) is 0.417. The number of aliphatic carboxylic acids is 1. The lowest BCUT2D eigenvalue weighted by Crippen LogP contribution is -2.16. The molecule has 0 aliphatic carbocycles. The van der Waals surface area contributed by atoms with Crippen molar-refractivity contribution in [1.29, 1.82) is 0 Å². The van der Waals surface area contributed by atoms with Crippen molar-refractivity contribution >= 4 is 29.3 Å². The van der Waals surface area contributed by atoms with Crippen molar-refractivity contribution in [3.8, 4) is 5.75 Å². The van der Waals surface area contributed by atoms with Crippen LogP contribution in [0.5, 0.6) is 5.75 Å². The van der Waals surface area contributed by atoms with Crippen LogP contribution < -0.4 is 4.74 Å². The highest BCUT2D eigenvalue weighted by molar-refractivity contribution is 8.00. The number of thioether (sulfide) groups is 1. The minimum Gasteiger partial charge on any atom is -0.493 e. The van der Waals surface area contributed by atoms with Crippen LogP contribution in [-0.4, -0.2) is 28.7 Å². The van der Waals surface area contributed by atoms with E-state index in [1.165, 1.54) is 11.8 Å². The molecule has 0 saturated heterocycles. The summed E-state index contributed by atoms with van der Waals surface area (Å²) in [6.07, 6.45) is 0.622. The molecule has 0 aliphatic heterocycles. The topological polar surface area (TPSA) is 46.5 Å². The van der Waals surface area contributed by atoms with Crippen LogP contribution in [-0.2, 0) is 4.79 Å². The van der Waals surface area contributed by atoms with Gasteiger partial charge in [-0.15, -0.1) is 11.8 Å². The Morgan fingerprint density at radius 2 is 2.35 bits per heavy atom. The Labute approximate surface area is 110 Å². The number of carboxylic acids is 1. The number of hydrogen-bond donors (Lipinski definition) is 1. The van der Waals surface area contributed by atoms with Gasteiger partial charge in [-0.25, -0.2) is 0 Å². The first-order valence-electron chi connectivity index (χ1n) is 5.36. The molecule has 1 rings (SSSR count). The predicted octanol–water partition coefficient (Wildman–Crippen LogP) is 3.32. The molecule has 94 valence electrons. The van der Waals surface area contributed by atoms with Crippen molar-refractivity contribution in [1.82, 2.24) is 0 Å². The molecule has 0 bridgehead atoms. The lowest BCUT2D eigenvalue weighted by molar-refractivity contribution is -0.136. The normalized spacial score (nSPS) is 12.1. The third kappa shape index (κ3) is 5.33. The quantitative estimate of drug-likeness (QED) is 0.775. The summed E-state index contributed by atoms with van der Waals surface area (Å²) in [6.45, 7) is 2.35. The third-order valence-corrected chi connectivity index (χ3v) is 3.69. The number of ether oxygens (including phenoxy) is 1. The molecule has 17 heavy (non-hydrogen) atoms. The maximum Gasteiger partial charge on any atom is 0.316 e. The molecule has 0 amide bonds. The lowest BCUT2D eigenvalue weighted by Gasteiger charge is -2.10. The average Bonchev–Trinajstić information content (AvgIpc) is 2.28. The van der Waals surface area contributed by atoms with Gasteiger partial charge in [0.15, 0.2) is 0 Å². The van der Waals surface area contributed by atoms with Gasteiger partial charge in [0, 0.05) is 10.8 Å². The van der Waals surface area contributed by atoms with E-state index >= 15 is 0 Å². The second-order valence-corrected chi connectivity index (χ2v) is 5.16. The van der Waals surface area contributed by atoms with Gasteiger partial charge in [-0.3, -0.25) is 4.79 Å². The Balaban J connectivity index is 2.26. The molecule has 0 radical (unpaired) electrons. The van der Waals surface area contributed by atoms with Crippen molar-refractivity contribution in [2.75, 3.05) is 12.4 Å². The summed E-state index contributed by atoms with van der Waals surface area (Å²) >= 11 is 7.20. The van der Waals surface area contributed by atoms with Crippen LogP contribution in [0.1, 0.15) is 13.3 Å². The first-order valence-corrected chi connectivity index (χ1v) is 6.79. The summed E-state index contributed by atoms with van der Waals surface area (Å²) in [6, 6.07) is 7.16. The minimum atomic E-state index is -0.764. The molecular formula is C12H15ClO3S. The van der Waals surface area contributed by atoms with E-state index in [1.807, 2.05) is 19.1 Å². The molecule has 1 aromatic rings. The Kier molecular flexibility index (Phi) is 6.22. The van der Waals surface area contributed by atoms with Crippen molar-refractivity contribution in [3.05, 3.63) is 29.3 Å². The molecule has 0 spiro atoms. The van der Waals surface area contributed by atoms with E-state index in [0.717, 1.165) is 0 Å². The summed E-state index contributed by atoms with van der Waals surface area (Å²) in [7, 11) is 0. The molecule has 0 aliphatic rings. The van der Waals surface area contributed by atoms with Crippen LogP contribution in [0, 0.1) is 0 Å². The average molecular weight is 275 g/mol. The maximum atomic E-state index is 10.8. The van der Waals surface area contributed by atoms with Crippen LogP contribution in [0.2, 0.25) is 5.02 Å². The number of hydrogen-bond acceptors (Lipinski definition) is 3. The summed E-state index contributed by atoms with van der Waals surface area (Å²) in [5.41, 5.74) is 0. The van der Waals surface area contributed by atoms with Gasteiger partial charge in [-0.05, 0) is 24.6 Å². The van der Waals surface area contributed by atoms with Gasteiger partial charge in [-0.1, -0.05) is 24.6 Å². The zero-order valence-electron chi connectivity index (χ0n) is 9.56. The molecule has 0 saturated carbocycles. The SMILES string of the molecule is CCC(SCCOc1cccc(Cl)c1)C(=O)O. The highest BCUT2D eigenvalue weighted by Crippen LogP contribution is 2.18. The highest BCUT2D eigenvalue weighted by Gasteiger charge is 2.14. The maximum absolute atomic E-state index is 10.8. The number of rotatable bonds is 7. The van der Waals surface area contributed by atoms with Crippen LogP contribution in [0.15, 0.2) is 24.3 Å². The molecule has 0 aromatic heterocycles. The van der Waals surface area contributed by atoms with Gasteiger partial charge in [0.25, 0.3) is 0 Å². The number of halogens is 1. The summed E-state index contributed by atoms with van der Waals surface area (Å²) in [4.78, 5) is 10.8. The Morgan fingerprint density at radius 3 is 2.94 bits per heavy atom. The fourth-order valence-electron chi connectivity index (χ4n) is 1.27. The lowest BCUT2D eigenvalue weighted by atomic mass is 10.3. The largest absolute Gasteiger partial charge is 0.493 e. The first-order chi connectivity index (χ1) is 8.13. The van der Waals surface area contributed by atoms with Gasteiger partial charge in [0.05, 0.1) is 6.61 Å². The van der Waals surface area contributed by atoms with Crippen LogP contribution in [0.25, 0.3) is 0 Å². The second-order valence-electron chi connectivity index (χ2n) is 3.41. The van der Waals surface area contributed by atoms with Crippen molar-refractivity contribution in [2.24, 2.45) is 0 Å². The zero-order chi connectivity index (χ0) is 12.7. The van der Waals surface area contributed by atoms with E-state index < -0.39 is 5.97 Å². The summed E-state index contributed by atoms with van der Waals surface area (Å²) in [5.74, 6) is 0.596. The van der Waals surface area contributed by atoms with Crippen LogP contribution in [0.3, 0.4) is 0 Å². The van der Waals surface area contributed by atoms with E-state index in [-0.39, 0.29) is 5.25 Å². The number of carbonyl (C=O) groups is 1. The smallest absolute Gasteiger partial charge is 0.316 e. The molecule has 0 heterocycles. The van der Waals surface area contributed by atoms with E-state index in [9.17, 15) is 4.79 Å². The van der Waals surface area contributed by atoms with Gasteiger partial charge in [0.1, 0.15) is 11.0 Å². The molecule has 5 heteroatoms. The molecule has 1 aromatic carbocycles. The van der Waals surface area contributed by atoms with Gasteiger partial charge >= 0.3 is 5.97 Å². The Bertz CT molecular complexity index is 371. The molecule has 1 N–H and O–H groups in total. The van der Waals surface area contributed by atoms with Gasteiger partial charge in [0.2, 0.25) is 0 Å². The molecule has 1 atom stereocenters. The zero-order valence-corrected chi connectivity index (χ0v) is 11.1. The van der Waals surface area contributed by atoms with Crippen molar-refractivity contribution in [3.63, 3.8) is 0 Å². The first kappa shape index (κ1) is 14.2. The number of carboxylic acid groups (broad SMARTS) is 1. The summed E-state index contributed by atoms with van der Waals surface area (Å²) < 4.78 is 5.46. The fourth-order valence-corrected chi connectivity index (χ4v) is 2.29. The van der Waals surface area contributed by atoms with E-state index in [2.05, 4.69) is 0 Å². The molecular weight excluding hydrogens is 260 g/mol. The standard InChI is InChI=1S/C12H15ClO3S/c1-2-11(12(14)15)17-7-6-16-10-5-3-4-9(13)8-10/h3-5,8,11H,2,6-7H2,1H3,(H,14,15). The third-order valence-electron chi connectivity index (χ3n) is 2.11. The summed E-state index contributed by atoms with van der Waals surface area (Å²) in [5, 5.41) is 9.13. The monoisotopic (exact) mass is 274 g/mol. The van der Waals surface area contributed by atoms with Crippen molar-refractivity contribution in [2.45, 2.75) is 18.6 Å². The Hall–Kier alpha value is -0.870. The van der Waals surface area contributed by atoms with Crippen LogP contribution >= 0.6 is 23.4 Å². The minimum absolute atomic E-state index is 0.349. The predicted molar refractivity (Wildman–Crippen MR) is 71.1 cm³/mol. The Morgan fingerprint density at radius 1 is 1.59 bits per heavy atom. The molecule has 3 nitrogen and oxygen atoms in total. The van der Waals surface area contributed by atoms with Crippen LogP contribution in [0.4, 0.5) is 0 Å². The van der Waals surface area contributed by atoms with Gasteiger partial charge < -0.3 is 9.84 Å². The van der Waals surface area contributed by atoms with E-state index in [4.69, 9.17) is 21.4 Å².